The zero-order valence-electron chi connectivity index (χ0n) is 21.7. The molecule has 4 aromatic rings. The highest BCUT2D eigenvalue weighted by molar-refractivity contribution is 7.91. The summed E-state index contributed by atoms with van der Waals surface area (Å²) in [5.41, 5.74) is 2.39. The van der Waals surface area contributed by atoms with Crippen LogP contribution in [0.4, 0.5) is 0 Å². The molecular formula is C26H32N6O4S2. The lowest BCUT2D eigenvalue weighted by molar-refractivity contribution is 0.448. The molecule has 1 N–H and O–H groups in total. The van der Waals surface area contributed by atoms with Crippen molar-refractivity contribution in [2.75, 3.05) is 0 Å². The minimum absolute atomic E-state index is 0.0258. The van der Waals surface area contributed by atoms with Crippen molar-refractivity contribution in [3.8, 4) is 0 Å². The second kappa shape index (κ2) is 8.85. The van der Waals surface area contributed by atoms with Crippen LogP contribution in [0.1, 0.15) is 69.7 Å². The van der Waals surface area contributed by atoms with Crippen LogP contribution in [0.3, 0.4) is 0 Å². The summed E-state index contributed by atoms with van der Waals surface area (Å²) in [5.74, 6) is 0.902. The lowest BCUT2D eigenvalue weighted by atomic mass is 9.93. The highest BCUT2D eigenvalue weighted by atomic mass is 32.2. The first-order valence-electron chi connectivity index (χ1n) is 13.2. The molecule has 3 heterocycles. The van der Waals surface area contributed by atoms with Crippen LogP contribution in [0.2, 0.25) is 0 Å². The molecule has 2 saturated carbocycles. The smallest absolute Gasteiger partial charge is 0.269 e. The minimum Gasteiger partial charge on any atom is -0.274 e. The lowest BCUT2D eigenvalue weighted by Gasteiger charge is -2.19. The molecule has 0 amide bonds. The van der Waals surface area contributed by atoms with Gasteiger partial charge in [0.15, 0.2) is 11.3 Å². The van der Waals surface area contributed by atoms with Crippen molar-refractivity contribution in [3.05, 3.63) is 54.1 Å². The summed E-state index contributed by atoms with van der Waals surface area (Å²) in [6, 6.07) is 8.27. The maximum atomic E-state index is 13.4. The number of benzene rings is 1. The summed E-state index contributed by atoms with van der Waals surface area (Å²) >= 11 is 0. The largest absolute Gasteiger partial charge is 0.274 e. The summed E-state index contributed by atoms with van der Waals surface area (Å²) in [6.07, 6.45) is 7.32. The van der Waals surface area contributed by atoms with E-state index in [-0.39, 0.29) is 22.8 Å². The van der Waals surface area contributed by atoms with E-state index in [1.54, 1.807) is 30.3 Å². The predicted molar refractivity (Wildman–Crippen MR) is 144 cm³/mol. The fourth-order valence-corrected chi connectivity index (χ4v) is 9.19. The molecule has 0 spiro atoms. The third-order valence-corrected chi connectivity index (χ3v) is 12.7. The molecule has 10 nitrogen and oxygen atoms in total. The summed E-state index contributed by atoms with van der Waals surface area (Å²) in [7, 11) is -7.25. The zero-order valence-corrected chi connectivity index (χ0v) is 23.3. The minimum atomic E-state index is -3.85. The number of sulfonamides is 1. The van der Waals surface area contributed by atoms with E-state index >= 15 is 0 Å². The number of rotatable bonds is 8. The molecular weight excluding hydrogens is 524 g/mol. The molecule has 0 aliphatic heterocycles. The predicted octanol–water partition coefficient (Wildman–Crippen LogP) is 3.76. The normalized spacial score (nSPS) is 23.4. The van der Waals surface area contributed by atoms with Gasteiger partial charge in [-0.05, 0) is 63.1 Å². The Morgan fingerprint density at radius 1 is 1.03 bits per heavy atom. The number of nitrogens with one attached hydrogen (secondary N) is 1. The monoisotopic (exact) mass is 556 g/mol. The van der Waals surface area contributed by atoms with Gasteiger partial charge in [-0.2, -0.15) is 0 Å². The van der Waals surface area contributed by atoms with Crippen LogP contribution in [0.5, 0.6) is 0 Å². The van der Waals surface area contributed by atoms with Crippen molar-refractivity contribution >= 4 is 36.9 Å². The van der Waals surface area contributed by atoms with Crippen LogP contribution < -0.4 is 4.72 Å². The Morgan fingerprint density at radius 3 is 2.42 bits per heavy atom. The quantitative estimate of drug-likeness (QED) is 0.350. The Bertz CT molecular complexity index is 1740. The van der Waals surface area contributed by atoms with Gasteiger partial charge < -0.3 is 0 Å². The summed E-state index contributed by atoms with van der Waals surface area (Å²) < 4.78 is 58.5. The van der Waals surface area contributed by atoms with E-state index in [4.69, 9.17) is 0 Å². The molecule has 0 radical (unpaired) electrons. The molecule has 1 aromatic carbocycles. The fourth-order valence-electron chi connectivity index (χ4n) is 5.99. The summed E-state index contributed by atoms with van der Waals surface area (Å²) in [5, 5.41) is 8.85. The van der Waals surface area contributed by atoms with Crippen LogP contribution in [-0.2, 0) is 20.0 Å². The molecule has 0 unspecified atom stereocenters. The molecule has 6 rings (SSSR count). The first-order chi connectivity index (χ1) is 18.1. The van der Waals surface area contributed by atoms with Crippen LogP contribution in [0.15, 0.2) is 47.6 Å². The van der Waals surface area contributed by atoms with E-state index in [0.717, 1.165) is 18.4 Å². The first kappa shape index (κ1) is 25.4. The van der Waals surface area contributed by atoms with E-state index in [1.165, 1.54) is 16.4 Å². The maximum Gasteiger partial charge on any atom is 0.269 e. The Hall–Kier alpha value is -2.83. The molecule has 0 saturated heterocycles. The maximum absolute atomic E-state index is 13.4. The Kier molecular flexibility index (Phi) is 5.93. The van der Waals surface area contributed by atoms with Gasteiger partial charge >= 0.3 is 0 Å². The van der Waals surface area contributed by atoms with E-state index in [0.29, 0.717) is 48.3 Å². The number of nitrogens with zero attached hydrogens (tertiary/aromatic N) is 5. The molecule has 38 heavy (non-hydrogen) atoms. The molecule has 3 atom stereocenters. The number of fused-ring (bicyclic) bond motifs is 3. The van der Waals surface area contributed by atoms with Gasteiger partial charge in [0.05, 0.1) is 21.4 Å². The summed E-state index contributed by atoms with van der Waals surface area (Å²) in [4.78, 5) is 4.62. The third-order valence-electron chi connectivity index (χ3n) is 8.53. The van der Waals surface area contributed by atoms with Gasteiger partial charge in [-0.1, -0.05) is 38.0 Å². The van der Waals surface area contributed by atoms with Gasteiger partial charge in [0.25, 0.3) is 10.0 Å². The van der Waals surface area contributed by atoms with Crippen LogP contribution >= 0.6 is 0 Å². The Labute approximate surface area is 222 Å². The highest BCUT2D eigenvalue weighted by Crippen LogP contribution is 2.47. The lowest BCUT2D eigenvalue weighted by Crippen LogP contribution is -2.41. The second-order valence-corrected chi connectivity index (χ2v) is 14.7. The van der Waals surface area contributed by atoms with Gasteiger partial charge in [-0.25, -0.2) is 30.5 Å². The first-order valence-corrected chi connectivity index (χ1v) is 16.1. The molecule has 2 aliphatic rings. The van der Waals surface area contributed by atoms with Gasteiger partial charge in [-0.15, -0.1) is 10.2 Å². The molecule has 3 aromatic heterocycles. The Morgan fingerprint density at radius 2 is 1.76 bits per heavy atom. The van der Waals surface area contributed by atoms with Crippen LogP contribution in [-0.4, -0.2) is 51.2 Å². The number of aryl methyl sites for hydroxylation is 1. The number of aromatic nitrogens is 5. The second-order valence-electron chi connectivity index (χ2n) is 10.7. The number of hydrogen-bond donors (Lipinski definition) is 1. The van der Waals surface area contributed by atoms with E-state index in [2.05, 4.69) is 26.8 Å². The fraction of sp³-hybridized carbons (Fsp3) is 0.500. The summed E-state index contributed by atoms with van der Waals surface area (Å²) in [6.45, 7) is 5.95. The van der Waals surface area contributed by atoms with Crippen molar-refractivity contribution in [2.24, 2.45) is 5.92 Å². The van der Waals surface area contributed by atoms with E-state index < -0.39 is 24.8 Å². The zero-order chi connectivity index (χ0) is 26.9. The molecule has 2 aliphatic carbocycles. The van der Waals surface area contributed by atoms with Gasteiger partial charge in [0, 0.05) is 18.2 Å². The van der Waals surface area contributed by atoms with Crippen molar-refractivity contribution in [1.29, 1.82) is 0 Å². The standard InChI is InChI=1S/C26H32N6O4S2/c1-4-18-14-19(30-38(35,36)26(5-2)11-12-26)15-21(18)24-29-28-23-16-27-25-22(32(23)24)10-13-31(25)37(33,34)20-8-6-17(3)7-9-20/h6-10,13,16,18-19,21,30H,4-5,11-12,14-15H2,1-3H3/t18-,19+,21+/m1/s1. The Balaban J connectivity index is 1.38. The van der Waals surface area contributed by atoms with Gasteiger partial charge in [0.2, 0.25) is 10.0 Å². The van der Waals surface area contributed by atoms with Crippen LogP contribution in [0, 0.1) is 12.8 Å². The van der Waals surface area contributed by atoms with Crippen LogP contribution in [0.25, 0.3) is 16.8 Å². The van der Waals surface area contributed by atoms with Crippen molar-refractivity contribution in [2.45, 2.75) is 80.9 Å². The number of hydrogen-bond acceptors (Lipinski definition) is 7. The van der Waals surface area contributed by atoms with Crippen molar-refractivity contribution in [3.63, 3.8) is 0 Å². The van der Waals surface area contributed by atoms with Gasteiger partial charge in [-0.3, -0.25) is 4.40 Å². The van der Waals surface area contributed by atoms with Gasteiger partial charge in [0.1, 0.15) is 5.82 Å². The van der Waals surface area contributed by atoms with E-state index in [1.807, 2.05) is 18.2 Å². The average Bonchev–Trinajstić information content (AvgIpc) is 3.20. The highest BCUT2D eigenvalue weighted by Gasteiger charge is 2.54. The van der Waals surface area contributed by atoms with E-state index in [9.17, 15) is 16.8 Å². The molecule has 2 fully saturated rings. The molecule has 12 heteroatoms. The van der Waals surface area contributed by atoms with Crippen molar-refractivity contribution in [1.82, 2.24) is 28.3 Å². The molecule has 202 valence electrons. The SMILES string of the molecule is CC[C@@H]1C[C@H](NS(=O)(=O)C2(CC)CC2)C[C@@H]1c1nnc2cnc3c(ccn3S(=O)(=O)c3ccc(C)cc3)n12. The molecule has 0 bridgehead atoms. The average molecular weight is 557 g/mol. The third kappa shape index (κ3) is 3.87. The topological polar surface area (TPSA) is 128 Å². The van der Waals surface area contributed by atoms with Crippen molar-refractivity contribution < 1.29 is 16.8 Å².